The lowest BCUT2D eigenvalue weighted by Gasteiger charge is -2.30. The Hall–Kier alpha value is -1.55. The van der Waals surface area contributed by atoms with Gasteiger partial charge in [0.05, 0.1) is 6.04 Å². The number of carbonyl (C=O) groups excluding carboxylic acids is 1. The Kier molecular flexibility index (Phi) is 3.80. The van der Waals surface area contributed by atoms with Gasteiger partial charge in [0.2, 0.25) is 0 Å². The molecule has 1 aromatic rings. The number of amides is 1. The molecule has 2 atom stereocenters. The molecule has 4 nitrogen and oxygen atoms in total. The number of hydrogen-bond donors (Lipinski definition) is 1. The predicted octanol–water partition coefficient (Wildman–Crippen LogP) is 2.70. The molecule has 2 N–H and O–H groups in total. The third-order valence-corrected chi connectivity index (χ3v) is 3.21. The van der Waals surface area contributed by atoms with Gasteiger partial charge in [0, 0.05) is 12.6 Å². The van der Waals surface area contributed by atoms with Crippen molar-refractivity contribution in [3.8, 4) is 0 Å². The lowest BCUT2D eigenvalue weighted by atomic mass is 10.0. The molecule has 0 saturated carbocycles. The van der Waals surface area contributed by atoms with Crippen molar-refractivity contribution in [3.05, 3.63) is 35.9 Å². The van der Waals surface area contributed by atoms with Gasteiger partial charge in [-0.3, -0.25) is 4.90 Å². The van der Waals surface area contributed by atoms with Gasteiger partial charge in [0.1, 0.15) is 5.60 Å². The van der Waals surface area contributed by atoms with Gasteiger partial charge in [-0.15, -0.1) is 0 Å². The van der Waals surface area contributed by atoms with Crippen molar-refractivity contribution in [2.24, 2.45) is 5.73 Å². The van der Waals surface area contributed by atoms with Crippen LogP contribution in [-0.2, 0) is 4.74 Å². The van der Waals surface area contributed by atoms with Gasteiger partial charge in [-0.1, -0.05) is 30.3 Å². The van der Waals surface area contributed by atoms with Gasteiger partial charge in [0.25, 0.3) is 0 Å². The molecule has 0 radical (unpaired) electrons. The Morgan fingerprint density at radius 3 is 2.53 bits per heavy atom. The van der Waals surface area contributed by atoms with Gasteiger partial charge in [-0.25, -0.2) is 4.79 Å². The van der Waals surface area contributed by atoms with Crippen molar-refractivity contribution in [1.82, 2.24) is 4.90 Å². The summed E-state index contributed by atoms with van der Waals surface area (Å²) >= 11 is 0. The minimum Gasteiger partial charge on any atom is -0.444 e. The fraction of sp³-hybridized carbons (Fsp3) is 0.533. The molecule has 0 aliphatic carbocycles. The van der Waals surface area contributed by atoms with Crippen LogP contribution in [-0.4, -0.2) is 29.2 Å². The van der Waals surface area contributed by atoms with E-state index in [0.717, 1.165) is 12.0 Å². The Balaban J connectivity index is 2.18. The fourth-order valence-electron chi connectivity index (χ4n) is 2.42. The van der Waals surface area contributed by atoms with E-state index in [2.05, 4.69) is 0 Å². The monoisotopic (exact) mass is 262 g/mol. The first-order valence-corrected chi connectivity index (χ1v) is 6.68. The highest BCUT2D eigenvalue weighted by Gasteiger charge is 2.38. The molecule has 0 bridgehead atoms. The topological polar surface area (TPSA) is 55.6 Å². The highest BCUT2D eigenvalue weighted by Crippen LogP contribution is 2.32. The molecule has 1 aromatic carbocycles. The zero-order chi connectivity index (χ0) is 14.0. The molecular weight excluding hydrogens is 240 g/mol. The maximum atomic E-state index is 12.2. The Morgan fingerprint density at radius 2 is 1.95 bits per heavy atom. The molecule has 1 aliphatic heterocycles. The van der Waals surface area contributed by atoms with E-state index in [1.54, 1.807) is 4.90 Å². The normalized spacial score (nSPS) is 23.5. The fourth-order valence-corrected chi connectivity index (χ4v) is 2.42. The van der Waals surface area contributed by atoms with Gasteiger partial charge in [-0.2, -0.15) is 0 Å². The van der Waals surface area contributed by atoms with E-state index in [0.29, 0.717) is 6.54 Å². The number of rotatable bonds is 1. The van der Waals surface area contributed by atoms with Crippen molar-refractivity contribution in [1.29, 1.82) is 0 Å². The molecule has 1 heterocycles. The molecule has 19 heavy (non-hydrogen) atoms. The van der Waals surface area contributed by atoms with Crippen LogP contribution in [0.2, 0.25) is 0 Å². The standard InChI is InChI=1S/C15H22N2O2/c1-15(2,3)19-14(18)17-10-9-12(16)13(17)11-7-5-4-6-8-11/h4-8,12-13H,9-10,16H2,1-3H3/t12-,13+/m1/s1. The van der Waals surface area contributed by atoms with E-state index in [1.165, 1.54) is 0 Å². The first-order chi connectivity index (χ1) is 8.88. The van der Waals surface area contributed by atoms with E-state index in [4.69, 9.17) is 10.5 Å². The van der Waals surface area contributed by atoms with Crippen LogP contribution in [0.15, 0.2) is 30.3 Å². The number of benzene rings is 1. The summed E-state index contributed by atoms with van der Waals surface area (Å²) in [4.78, 5) is 14.0. The smallest absolute Gasteiger partial charge is 0.410 e. The average molecular weight is 262 g/mol. The molecule has 2 rings (SSSR count). The summed E-state index contributed by atoms with van der Waals surface area (Å²) in [6.07, 6.45) is 0.521. The zero-order valence-electron chi connectivity index (χ0n) is 11.8. The molecule has 1 saturated heterocycles. The molecular formula is C15H22N2O2. The van der Waals surface area contributed by atoms with E-state index >= 15 is 0 Å². The summed E-state index contributed by atoms with van der Waals surface area (Å²) in [5.41, 5.74) is 6.74. The molecule has 0 unspecified atom stereocenters. The van der Waals surface area contributed by atoms with E-state index in [9.17, 15) is 4.79 Å². The summed E-state index contributed by atoms with van der Waals surface area (Å²) in [7, 11) is 0. The van der Waals surface area contributed by atoms with E-state index in [1.807, 2.05) is 51.1 Å². The minimum atomic E-state index is -0.481. The lowest BCUT2D eigenvalue weighted by molar-refractivity contribution is 0.0218. The summed E-state index contributed by atoms with van der Waals surface area (Å²) in [5.74, 6) is 0. The quantitative estimate of drug-likeness (QED) is 0.846. The molecule has 1 amide bonds. The second kappa shape index (κ2) is 5.21. The number of nitrogens with two attached hydrogens (primary N) is 1. The maximum absolute atomic E-state index is 12.2. The number of nitrogens with zero attached hydrogens (tertiary/aromatic N) is 1. The van der Waals surface area contributed by atoms with Crippen molar-refractivity contribution < 1.29 is 9.53 Å². The SMILES string of the molecule is CC(C)(C)OC(=O)N1CC[C@@H](N)[C@@H]1c1ccccc1. The average Bonchev–Trinajstić information content (AvgIpc) is 2.70. The maximum Gasteiger partial charge on any atom is 0.410 e. The Labute approximate surface area is 114 Å². The van der Waals surface area contributed by atoms with Crippen LogP contribution in [0.1, 0.15) is 38.8 Å². The molecule has 0 aromatic heterocycles. The van der Waals surface area contributed by atoms with Gasteiger partial charge in [0.15, 0.2) is 0 Å². The number of carbonyl (C=O) groups is 1. The predicted molar refractivity (Wildman–Crippen MR) is 74.7 cm³/mol. The van der Waals surface area contributed by atoms with Gasteiger partial charge < -0.3 is 10.5 Å². The van der Waals surface area contributed by atoms with Crippen LogP contribution in [0.5, 0.6) is 0 Å². The molecule has 4 heteroatoms. The minimum absolute atomic E-state index is 0.0325. The number of hydrogen-bond acceptors (Lipinski definition) is 3. The van der Waals surface area contributed by atoms with Crippen LogP contribution < -0.4 is 5.73 Å². The second-order valence-corrected chi connectivity index (χ2v) is 5.98. The highest BCUT2D eigenvalue weighted by molar-refractivity contribution is 5.69. The van der Waals surface area contributed by atoms with Crippen molar-refractivity contribution in [2.75, 3.05) is 6.54 Å². The zero-order valence-corrected chi connectivity index (χ0v) is 11.8. The van der Waals surface area contributed by atoms with Crippen molar-refractivity contribution in [3.63, 3.8) is 0 Å². The largest absolute Gasteiger partial charge is 0.444 e. The molecule has 1 fully saturated rings. The first-order valence-electron chi connectivity index (χ1n) is 6.68. The van der Waals surface area contributed by atoms with Gasteiger partial charge >= 0.3 is 6.09 Å². The van der Waals surface area contributed by atoms with Gasteiger partial charge in [-0.05, 0) is 32.8 Å². The van der Waals surface area contributed by atoms with Crippen LogP contribution in [0.3, 0.4) is 0 Å². The summed E-state index contributed by atoms with van der Waals surface area (Å²) in [6, 6.07) is 9.79. The number of likely N-dealkylation sites (tertiary alicyclic amines) is 1. The third kappa shape index (κ3) is 3.26. The Bertz CT molecular complexity index is 439. The van der Waals surface area contributed by atoms with E-state index < -0.39 is 5.60 Å². The Morgan fingerprint density at radius 1 is 1.32 bits per heavy atom. The summed E-state index contributed by atoms with van der Waals surface area (Å²) in [5, 5.41) is 0. The second-order valence-electron chi connectivity index (χ2n) is 5.98. The molecule has 0 spiro atoms. The summed E-state index contributed by atoms with van der Waals surface area (Å²) in [6.45, 7) is 6.27. The third-order valence-electron chi connectivity index (χ3n) is 3.21. The lowest BCUT2D eigenvalue weighted by Crippen LogP contribution is -2.39. The van der Waals surface area contributed by atoms with Crippen LogP contribution in [0, 0.1) is 0 Å². The molecule has 1 aliphatic rings. The van der Waals surface area contributed by atoms with Crippen LogP contribution >= 0.6 is 0 Å². The van der Waals surface area contributed by atoms with Crippen LogP contribution in [0.25, 0.3) is 0 Å². The highest BCUT2D eigenvalue weighted by atomic mass is 16.6. The van der Waals surface area contributed by atoms with E-state index in [-0.39, 0.29) is 18.2 Å². The van der Waals surface area contributed by atoms with Crippen LogP contribution in [0.4, 0.5) is 4.79 Å². The van der Waals surface area contributed by atoms with Crippen molar-refractivity contribution in [2.45, 2.75) is 44.9 Å². The number of ether oxygens (including phenoxy) is 1. The first kappa shape index (κ1) is 13.9. The van der Waals surface area contributed by atoms with Crippen molar-refractivity contribution >= 4 is 6.09 Å². The molecule has 104 valence electrons. The summed E-state index contributed by atoms with van der Waals surface area (Å²) < 4.78 is 5.45.